The second-order valence-corrected chi connectivity index (χ2v) is 13.9. The van der Waals surface area contributed by atoms with Gasteiger partial charge in [-0.3, -0.25) is 10.1 Å². The van der Waals surface area contributed by atoms with Crippen LogP contribution >= 0.6 is 23.2 Å². The smallest absolute Gasteiger partial charge is 0.335 e. The van der Waals surface area contributed by atoms with Gasteiger partial charge in [0.25, 0.3) is 0 Å². The summed E-state index contributed by atoms with van der Waals surface area (Å²) in [5.74, 6) is -0.523. The molecule has 10 nitrogen and oxygen atoms in total. The first kappa shape index (κ1) is 36.4. The van der Waals surface area contributed by atoms with Crippen LogP contribution in [0.2, 0.25) is 10.0 Å². The van der Waals surface area contributed by atoms with E-state index in [4.69, 9.17) is 37.4 Å². The first-order valence-electron chi connectivity index (χ1n) is 17.0. The number of esters is 1. The van der Waals surface area contributed by atoms with E-state index in [2.05, 4.69) is 10.2 Å². The molecule has 1 aromatic heterocycles. The molecule has 3 aromatic carbocycles. The number of halogens is 2. The number of hydrogen-bond acceptors (Lipinski definition) is 8. The maximum atomic E-state index is 13.7. The van der Waals surface area contributed by atoms with Crippen molar-refractivity contribution in [2.24, 2.45) is 5.92 Å². The van der Waals surface area contributed by atoms with Crippen LogP contribution in [0.1, 0.15) is 63.0 Å². The summed E-state index contributed by atoms with van der Waals surface area (Å²) >= 11 is 13.1. The van der Waals surface area contributed by atoms with Gasteiger partial charge < -0.3 is 24.6 Å². The van der Waals surface area contributed by atoms with E-state index >= 15 is 0 Å². The topological polar surface area (TPSA) is 121 Å². The number of aromatic carboxylic acids is 1. The molecular formula is C39H42Cl2N3O7+. The van der Waals surface area contributed by atoms with Crippen molar-refractivity contribution in [3.8, 4) is 11.5 Å². The third-order valence-corrected chi connectivity index (χ3v) is 10.7. The zero-order valence-corrected chi connectivity index (χ0v) is 30.1. The van der Waals surface area contributed by atoms with E-state index in [1.54, 1.807) is 25.3 Å². The molecule has 0 amide bonds. The number of hydrogen-bond donors (Lipinski definition) is 3. The number of nitrogens with zero attached hydrogens (tertiary/aromatic N) is 2. The molecule has 0 aliphatic carbocycles. The fourth-order valence-electron chi connectivity index (χ4n) is 7.27. The van der Waals surface area contributed by atoms with Gasteiger partial charge in [-0.25, -0.2) is 9.59 Å². The van der Waals surface area contributed by atoms with E-state index < -0.39 is 17.9 Å². The average Bonchev–Trinajstić information content (AvgIpc) is 3.13. The SMILES string of the molecule is COc1ccc([C@H](Cc2c(Cl)c[n+](O)cc2Cl)c2cc(CCNC(C(=O)O[C@H]3CN4CCC3CC4)c3ccccc3)ccc2C(=O)O)cc1OC. The Hall–Kier alpha value is -4.35. The minimum Gasteiger partial charge on any atom is -0.493 e. The van der Waals surface area contributed by atoms with Gasteiger partial charge in [0.15, 0.2) is 11.5 Å². The summed E-state index contributed by atoms with van der Waals surface area (Å²) in [5.41, 5.74) is 3.64. The standard InChI is InChI=1S/C39H41Cl2N3O7/c1-49-34-11-9-27(19-35(34)50-2)29(20-31-32(40)21-44(48)22-33(31)41)30-18-24(8-10-28(30)38(45)46)12-15-42-37(26-6-4-3-5-7-26)39(47)51-36-23-43-16-13-25(36)14-17-43/h3-11,18-19,21-22,25,29,36-37,42H,12-17,20,23H2,1-2H3,(H-,45,46,48)/p+1/t29-,36-,37?/m0/s1. The van der Waals surface area contributed by atoms with Crippen molar-refractivity contribution in [2.75, 3.05) is 40.4 Å². The highest BCUT2D eigenvalue weighted by Gasteiger charge is 2.38. The Bertz CT molecular complexity index is 1840. The number of fused-ring (bicyclic) bond motifs is 3. The molecule has 3 aliphatic heterocycles. The number of aromatic nitrogens is 1. The van der Waals surface area contributed by atoms with Crippen molar-refractivity contribution < 1.29 is 38.8 Å². The van der Waals surface area contributed by atoms with Crippen LogP contribution in [0, 0.1) is 5.92 Å². The lowest BCUT2D eigenvalue weighted by atomic mass is 9.82. The van der Waals surface area contributed by atoms with Crippen molar-refractivity contribution in [1.82, 2.24) is 10.2 Å². The molecule has 3 N–H and O–H groups in total. The van der Waals surface area contributed by atoms with Crippen LogP contribution in [0.25, 0.3) is 0 Å². The van der Waals surface area contributed by atoms with Gasteiger partial charge in [0, 0.05) is 29.3 Å². The molecule has 4 heterocycles. The van der Waals surface area contributed by atoms with E-state index in [1.165, 1.54) is 19.5 Å². The Balaban J connectivity index is 1.29. The number of piperidine rings is 3. The molecule has 51 heavy (non-hydrogen) atoms. The quantitative estimate of drug-likeness (QED) is 0.0800. The van der Waals surface area contributed by atoms with E-state index in [1.807, 2.05) is 48.5 Å². The Labute approximate surface area is 307 Å². The monoisotopic (exact) mass is 734 g/mol. The fraction of sp³-hybridized carbons (Fsp3) is 0.359. The average molecular weight is 736 g/mol. The molecule has 0 radical (unpaired) electrons. The van der Waals surface area contributed by atoms with Gasteiger partial charge in [0.1, 0.15) is 22.2 Å². The molecule has 0 spiro atoms. The lowest BCUT2D eigenvalue weighted by Gasteiger charge is -2.44. The Morgan fingerprint density at radius 1 is 0.941 bits per heavy atom. The number of carbonyl (C=O) groups excluding carboxylic acids is 1. The van der Waals surface area contributed by atoms with Crippen molar-refractivity contribution in [3.05, 3.63) is 123 Å². The van der Waals surface area contributed by atoms with Crippen LogP contribution in [-0.4, -0.2) is 73.7 Å². The molecule has 268 valence electrons. The van der Waals surface area contributed by atoms with Gasteiger partial charge in [-0.15, -0.1) is 0 Å². The summed E-state index contributed by atoms with van der Waals surface area (Å²) in [7, 11) is 3.08. The Morgan fingerprint density at radius 3 is 2.27 bits per heavy atom. The first-order chi connectivity index (χ1) is 24.6. The number of carbonyl (C=O) groups is 2. The largest absolute Gasteiger partial charge is 0.493 e. The van der Waals surface area contributed by atoms with Crippen molar-refractivity contribution in [2.45, 2.75) is 43.7 Å². The molecule has 3 aliphatic rings. The predicted octanol–water partition coefficient (Wildman–Crippen LogP) is 6.12. The lowest BCUT2D eigenvalue weighted by molar-refractivity contribution is -0.904. The maximum absolute atomic E-state index is 13.7. The number of carboxylic acid groups (broad SMARTS) is 1. The molecule has 3 saturated heterocycles. The molecule has 0 saturated carbocycles. The lowest BCUT2D eigenvalue weighted by Crippen LogP contribution is -2.52. The third-order valence-electron chi connectivity index (χ3n) is 10.0. The van der Waals surface area contributed by atoms with E-state index in [-0.39, 0.29) is 34.1 Å². The van der Waals surface area contributed by atoms with E-state index in [9.17, 15) is 19.9 Å². The van der Waals surface area contributed by atoms with Gasteiger partial charge in [-0.2, -0.15) is 0 Å². The molecule has 3 atom stereocenters. The van der Waals surface area contributed by atoms with Gasteiger partial charge in [0.05, 0.1) is 19.8 Å². The van der Waals surface area contributed by atoms with Crippen molar-refractivity contribution in [1.29, 1.82) is 0 Å². The Morgan fingerprint density at radius 2 is 1.65 bits per heavy atom. The zero-order chi connectivity index (χ0) is 36.1. The summed E-state index contributed by atoms with van der Waals surface area (Å²) in [6, 6.07) is 19.6. The van der Waals surface area contributed by atoms with Crippen LogP contribution in [0.15, 0.2) is 79.1 Å². The normalized spacial score (nSPS) is 19.3. The first-order valence-corrected chi connectivity index (χ1v) is 17.8. The van der Waals surface area contributed by atoms with Crippen LogP contribution in [0.3, 0.4) is 0 Å². The van der Waals surface area contributed by atoms with Gasteiger partial charge >= 0.3 is 11.9 Å². The van der Waals surface area contributed by atoms with Crippen LogP contribution in [-0.2, 0) is 22.4 Å². The van der Waals surface area contributed by atoms with Crippen LogP contribution in [0.4, 0.5) is 0 Å². The highest BCUT2D eigenvalue weighted by atomic mass is 35.5. The highest BCUT2D eigenvalue weighted by Crippen LogP contribution is 2.39. The maximum Gasteiger partial charge on any atom is 0.335 e. The van der Waals surface area contributed by atoms with Gasteiger partial charge in [0.2, 0.25) is 12.4 Å². The molecule has 1 unspecified atom stereocenters. The summed E-state index contributed by atoms with van der Waals surface area (Å²) in [4.78, 5) is 28.7. The summed E-state index contributed by atoms with van der Waals surface area (Å²) in [6.45, 7) is 3.32. The van der Waals surface area contributed by atoms with Crippen LogP contribution < -0.4 is 19.5 Å². The molecule has 2 bridgehead atoms. The minimum atomic E-state index is -1.08. The second kappa shape index (κ2) is 16.3. The minimum absolute atomic E-state index is 0.109. The molecule has 12 heteroatoms. The molecule has 3 fully saturated rings. The Kier molecular flexibility index (Phi) is 11.7. The number of rotatable bonds is 14. The summed E-state index contributed by atoms with van der Waals surface area (Å²) < 4.78 is 18.0. The van der Waals surface area contributed by atoms with E-state index in [0.29, 0.717) is 41.5 Å². The third kappa shape index (κ3) is 8.42. The number of nitrogens with one attached hydrogen (secondary N) is 1. The predicted molar refractivity (Wildman–Crippen MR) is 192 cm³/mol. The van der Waals surface area contributed by atoms with Gasteiger partial charge in [-0.1, -0.05) is 71.7 Å². The summed E-state index contributed by atoms with van der Waals surface area (Å²) in [5, 5.41) is 24.2. The van der Waals surface area contributed by atoms with Crippen molar-refractivity contribution >= 4 is 35.1 Å². The zero-order valence-electron chi connectivity index (χ0n) is 28.6. The number of ether oxygens (including phenoxy) is 3. The molecule has 4 aromatic rings. The highest BCUT2D eigenvalue weighted by molar-refractivity contribution is 6.35. The van der Waals surface area contributed by atoms with E-state index in [0.717, 1.165) is 53.9 Å². The second-order valence-electron chi connectivity index (χ2n) is 13.1. The summed E-state index contributed by atoms with van der Waals surface area (Å²) in [6.07, 6.45) is 5.37. The van der Waals surface area contributed by atoms with Gasteiger partial charge in [-0.05, 0) is 85.1 Å². The van der Waals surface area contributed by atoms with Crippen molar-refractivity contribution in [3.63, 3.8) is 0 Å². The fourth-order valence-corrected chi connectivity index (χ4v) is 7.88. The molecular weight excluding hydrogens is 693 g/mol. The number of benzene rings is 3. The van der Waals surface area contributed by atoms with Crippen LogP contribution in [0.5, 0.6) is 11.5 Å². The number of methoxy groups -OCH3 is 2. The molecule has 7 rings (SSSR count). The number of carboxylic acids is 1. The number of pyridine rings is 1.